The van der Waals surface area contributed by atoms with Crippen LogP contribution in [0.25, 0.3) is 11.1 Å². The van der Waals surface area contributed by atoms with Gasteiger partial charge in [-0.1, -0.05) is 42.5 Å². The SMILES string of the molecule is O=C(O)Cc1cc(F)c(-c2ccc(OCc3ccccc3)cc2)cc1F. The first-order valence-electron chi connectivity index (χ1n) is 8.00. The topological polar surface area (TPSA) is 46.5 Å². The first-order valence-corrected chi connectivity index (χ1v) is 8.00. The lowest BCUT2D eigenvalue weighted by Gasteiger charge is -2.09. The maximum atomic E-state index is 14.2. The van der Waals surface area contributed by atoms with E-state index < -0.39 is 24.0 Å². The molecule has 0 aromatic heterocycles. The Morgan fingerprint density at radius 1 is 0.923 bits per heavy atom. The van der Waals surface area contributed by atoms with E-state index in [-0.39, 0.29) is 11.1 Å². The number of hydrogen-bond acceptors (Lipinski definition) is 2. The Morgan fingerprint density at radius 3 is 2.27 bits per heavy atom. The summed E-state index contributed by atoms with van der Waals surface area (Å²) in [7, 11) is 0. The average molecular weight is 354 g/mol. The van der Waals surface area contributed by atoms with Crippen LogP contribution in [0.4, 0.5) is 8.78 Å². The van der Waals surface area contributed by atoms with E-state index in [9.17, 15) is 13.6 Å². The quantitative estimate of drug-likeness (QED) is 0.689. The smallest absolute Gasteiger partial charge is 0.307 e. The molecule has 0 aliphatic carbocycles. The highest BCUT2D eigenvalue weighted by Gasteiger charge is 2.14. The van der Waals surface area contributed by atoms with Gasteiger partial charge >= 0.3 is 5.97 Å². The molecule has 132 valence electrons. The highest BCUT2D eigenvalue weighted by atomic mass is 19.1. The standard InChI is InChI=1S/C21H16F2O3/c22-19-12-18(20(23)10-16(19)11-21(24)25)15-6-8-17(9-7-15)26-13-14-4-2-1-3-5-14/h1-10,12H,11,13H2,(H,24,25). The first-order chi connectivity index (χ1) is 12.5. The molecule has 0 heterocycles. The third-order valence-corrected chi connectivity index (χ3v) is 3.89. The maximum Gasteiger partial charge on any atom is 0.307 e. The molecule has 3 nitrogen and oxygen atoms in total. The van der Waals surface area contributed by atoms with Gasteiger partial charge in [0.1, 0.15) is 24.0 Å². The Labute approximate surface area is 149 Å². The molecule has 0 amide bonds. The summed E-state index contributed by atoms with van der Waals surface area (Å²) >= 11 is 0. The summed E-state index contributed by atoms with van der Waals surface area (Å²) in [6.07, 6.45) is -0.560. The van der Waals surface area contributed by atoms with Crippen LogP contribution in [0.5, 0.6) is 5.75 Å². The van der Waals surface area contributed by atoms with Gasteiger partial charge in [-0.25, -0.2) is 8.78 Å². The van der Waals surface area contributed by atoms with E-state index in [1.54, 1.807) is 24.3 Å². The second kappa shape index (κ2) is 7.78. The van der Waals surface area contributed by atoms with Crippen LogP contribution in [0.2, 0.25) is 0 Å². The lowest BCUT2D eigenvalue weighted by Crippen LogP contribution is -2.04. The lowest BCUT2D eigenvalue weighted by molar-refractivity contribution is -0.136. The third-order valence-electron chi connectivity index (χ3n) is 3.89. The van der Waals surface area contributed by atoms with Crippen molar-refractivity contribution in [2.75, 3.05) is 0 Å². The highest BCUT2D eigenvalue weighted by Crippen LogP contribution is 2.28. The van der Waals surface area contributed by atoms with Crippen LogP contribution in [-0.4, -0.2) is 11.1 Å². The zero-order valence-electron chi connectivity index (χ0n) is 13.8. The van der Waals surface area contributed by atoms with Crippen LogP contribution >= 0.6 is 0 Å². The first kappa shape index (κ1) is 17.6. The van der Waals surface area contributed by atoms with E-state index in [1.807, 2.05) is 30.3 Å². The molecule has 26 heavy (non-hydrogen) atoms. The predicted molar refractivity (Wildman–Crippen MR) is 93.9 cm³/mol. The van der Waals surface area contributed by atoms with Crippen molar-refractivity contribution >= 4 is 5.97 Å². The minimum Gasteiger partial charge on any atom is -0.489 e. The predicted octanol–water partition coefficient (Wildman–Crippen LogP) is 4.84. The number of aliphatic carboxylic acids is 1. The molecule has 1 N–H and O–H groups in total. The normalized spacial score (nSPS) is 10.5. The number of carbonyl (C=O) groups is 1. The van der Waals surface area contributed by atoms with Crippen LogP contribution in [0.1, 0.15) is 11.1 Å². The van der Waals surface area contributed by atoms with E-state index in [4.69, 9.17) is 9.84 Å². The summed E-state index contributed by atoms with van der Waals surface area (Å²) in [5.41, 5.74) is 1.40. The average Bonchev–Trinajstić information content (AvgIpc) is 2.64. The van der Waals surface area contributed by atoms with E-state index in [2.05, 4.69) is 0 Å². The van der Waals surface area contributed by atoms with Gasteiger partial charge in [-0.15, -0.1) is 0 Å². The molecule has 0 bridgehead atoms. The number of carboxylic acid groups (broad SMARTS) is 1. The van der Waals surface area contributed by atoms with Crippen molar-refractivity contribution < 1.29 is 23.4 Å². The largest absolute Gasteiger partial charge is 0.489 e. The van der Waals surface area contributed by atoms with Crippen LogP contribution in [0, 0.1) is 11.6 Å². The molecule has 0 saturated carbocycles. The van der Waals surface area contributed by atoms with E-state index in [1.165, 1.54) is 0 Å². The zero-order valence-corrected chi connectivity index (χ0v) is 13.8. The molecular weight excluding hydrogens is 338 g/mol. The van der Waals surface area contributed by atoms with Crippen molar-refractivity contribution in [1.29, 1.82) is 0 Å². The molecule has 3 aromatic rings. The fourth-order valence-corrected chi connectivity index (χ4v) is 2.58. The zero-order chi connectivity index (χ0) is 18.5. The molecule has 3 rings (SSSR count). The van der Waals surface area contributed by atoms with Crippen LogP contribution in [0.3, 0.4) is 0 Å². The number of ether oxygens (including phenoxy) is 1. The summed E-state index contributed by atoms with van der Waals surface area (Å²) in [4.78, 5) is 10.7. The molecule has 3 aromatic carbocycles. The second-order valence-corrected chi connectivity index (χ2v) is 5.79. The fraction of sp³-hybridized carbons (Fsp3) is 0.0952. The van der Waals surface area contributed by atoms with Crippen molar-refractivity contribution in [2.45, 2.75) is 13.0 Å². The van der Waals surface area contributed by atoms with Gasteiger partial charge in [0, 0.05) is 11.1 Å². The fourth-order valence-electron chi connectivity index (χ4n) is 2.58. The molecule has 0 radical (unpaired) electrons. The summed E-state index contributed by atoms with van der Waals surface area (Å²) < 4.78 is 33.9. The number of carboxylic acids is 1. The Balaban J connectivity index is 1.76. The highest BCUT2D eigenvalue weighted by molar-refractivity contribution is 5.71. The summed E-state index contributed by atoms with van der Waals surface area (Å²) in [5.74, 6) is -2.01. The summed E-state index contributed by atoms with van der Waals surface area (Å²) in [5, 5.41) is 8.73. The second-order valence-electron chi connectivity index (χ2n) is 5.79. The molecule has 0 aliphatic rings. The Bertz CT molecular complexity index is 907. The Morgan fingerprint density at radius 2 is 1.62 bits per heavy atom. The van der Waals surface area contributed by atoms with Crippen molar-refractivity contribution in [3.05, 3.63) is 89.5 Å². The van der Waals surface area contributed by atoms with Crippen LogP contribution in [0.15, 0.2) is 66.7 Å². The third kappa shape index (κ3) is 4.25. The number of rotatable bonds is 6. The number of hydrogen-bond donors (Lipinski definition) is 1. The summed E-state index contributed by atoms with van der Waals surface area (Å²) in [6.45, 7) is 0.410. The van der Waals surface area contributed by atoms with Gasteiger partial charge in [0.15, 0.2) is 0 Å². The number of benzene rings is 3. The monoisotopic (exact) mass is 354 g/mol. The van der Waals surface area contributed by atoms with Gasteiger partial charge in [0.05, 0.1) is 6.42 Å². The van der Waals surface area contributed by atoms with E-state index >= 15 is 0 Å². The minimum absolute atomic E-state index is 0.0752. The van der Waals surface area contributed by atoms with Crippen molar-refractivity contribution in [2.24, 2.45) is 0 Å². The Hall–Kier alpha value is -3.21. The molecule has 5 heteroatoms. The minimum atomic E-state index is -1.21. The Kier molecular flexibility index (Phi) is 5.27. The van der Waals surface area contributed by atoms with Gasteiger partial charge in [-0.05, 0) is 35.4 Å². The number of halogens is 2. The lowest BCUT2D eigenvalue weighted by atomic mass is 10.0. The van der Waals surface area contributed by atoms with Gasteiger partial charge < -0.3 is 9.84 Å². The molecule has 0 unspecified atom stereocenters. The maximum absolute atomic E-state index is 14.2. The van der Waals surface area contributed by atoms with E-state index in [0.29, 0.717) is 17.9 Å². The van der Waals surface area contributed by atoms with Gasteiger partial charge in [0.25, 0.3) is 0 Å². The molecular formula is C21H16F2O3. The van der Waals surface area contributed by atoms with Crippen molar-refractivity contribution in [3.63, 3.8) is 0 Å². The van der Waals surface area contributed by atoms with Crippen molar-refractivity contribution in [1.82, 2.24) is 0 Å². The summed E-state index contributed by atoms with van der Waals surface area (Å²) in [6, 6.07) is 18.3. The van der Waals surface area contributed by atoms with Gasteiger partial charge in [-0.2, -0.15) is 0 Å². The van der Waals surface area contributed by atoms with E-state index in [0.717, 1.165) is 17.7 Å². The molecule has 0 atom stereocenters. The molecule has 0 aliphatic heterocycles. The molecule has 0 saturated heterocycles. The van der Waals surface area contributed by atoms with Crippen LogP contribution < -0.4 is 4.74 Å². The molecule has 0 spiro atoms. The molecule has 0 fully saturated rings. The van der Waals surface area contributed by atoms with Gasteiger partial charge in [0.2, 0.25) is 0 Å². The van der Waals surface area contributed by atoms with Crippen molar-refractivity contribution in [3.8, 4) is 16.9 Å². The van der Waals surface area contributed by atoms with Crippen LogP contribution in [-0.2, 0) is 17.8 Å². The van der Waals surface area contributed by atoms with Gasteiger partial charge in [-0.3, -0.25) is 4.79 Å².